The molecule has 0 spiro atoms. The van der Waals surface area contributed by atoms with Crippen molar-refractivity contribution in [3.8, 4) is 0 Å². The van der Waals surface area contributed by atoms with Crippen molar-refractivity contribution in [2.45, 2.75) is 13.8 Å². The van der Waals surface area contributed by atoms with Crippen molar-refractivity contribution in [1.29, 1.82) is 0 Å². The van der Waals surface area contributed by atoms with Gasteiger partial charge >= 0.3 is 0 Å². The van der Waals surface area contributed by atoms with Crippen LogP contribution in [0.2, 0.25) is 0 Å². The van der Waals surface area contributed by atoms with E-state index in [0.717, 1.165) is 22.3 Å². The highest BCUT2D eigenvalue weighted by atomic mass is 79.9. The maximum absolute atomic E-state index is 11.6. The second-order valence-corrected chi connectivity index (χ2v) is 4.64. The van der Waals surface area contributed by atoms with E-state index in [1.54, 1.807) is 11.9 Å². The van der Waals surface area contributed by atoms with Crippen molar-refractivity contribution in [2.24, 2.45) is 0 Å². The van der Waals surface area contributed by atoms with Crippen molar-refractivity contribution >= 4 is 27.5 Å². The van der Waals surface area contributed by atoms with Crippen molar-refractivity contribution < 1.29 is 4.79 Å². The lowest BCUT2D eigenvalue weighted by molar-refractivity contribution is -0.127. The fourth-order valence-corrected chi connectivity index (χ4v) is 1.63. The van der Waals surface area contributed by atoms with Crippen LogP contribution < -0.4 is 5.32 Å². The molecule has 1 amide bonds. The van der Waals surface area contributed by atoms with Crippen LogP contribution in [0.5, 0.6) is 0 Å². The van der Waals surface area contributed by atoms with E-state index in [2.05, 4.69) is 21.2 Å². The molecule has 3 nitrogen and oxygen atoms in total. The molecule has 0 aliphatic heterocycles. The average molecular weight is 285 g/mol. The highest BCUT2D eigenvalue weighted by Crippen LogP contribution is 2.20. The number of carbonyl (C=O) groups excluding carboxylic acids is 1. The number of nitrogens with one attached hydrogen (secondary N) is 1. The third-order valence-electron chi connectivity index (χ3n) is 2.53. The molecule has 4 heteroatoms. The topological polar surface area (TPSA) is 32.3 Å². The molecule has 16 heavy (non-hydrogen) atoms. The molecule has 0 bridgehead atoms. The maximum atomic E-state index is 11.6. The lowest BCUT2D eigenvalue weighted by Gasteiger charge is -2.16. The number of amides is 1. The molecular weight excluding hydrogens is 268 g/mol. The van der Waals surface area contributed by atoms with Crippen LogP contribution in [0.15, 0.2) is 22.7 Å². The SMILES string of the molecule is CCN(C)C(=O)CNc1cc(Br)ccc1C. The van der Waals surface area contributed by atoms with E-state index >= 15 is 0 Å². The Morgan fingerprint density at radius 1 is 1.50 bits per heavy atom. The smallest absolute Gasteiger partial charge is 0.241 e. The molecule has 0 atom stereocenters. The predicted octanol–water partition coefficient (Wildman–Crippen LogP) is 2.65. The molecule has 0 unspecified atom stereocenters. The Morgan fingerprint density at radius 2 is 2.19 bits per heavy atom. The minimum atomic E-state index is 0.0990. The van der Waals surface area contributed by atoms with Crippen LogP contribution in [0.1, 0.15) is 12.5 Å². The Bertz CT molecular complexity index is 379. The number of benzene rings is 1. The number of hydrogen-bond acceptors (Lipinski definition) is 2. The number of likely N-dealkylation sites (N-methyl/N-ethyl adjacent to an activating group) is 1. The molecule has 0 aromatic heterocycles. The Kier molecular flexibility index (Phi) is 4.80. The first-order chi connectivity index (χ1) is 7.54. The summed E-state index contributed by atoms with van der Waals surface area (Å²) in [5, 5.41) is 3.15. The first-order valence-electron chi connectivity index (χ1n) is 5.28. The van der Waals surface area contributed by atoms with Crippen LogP contribution in [0, 0.1) is 6.92 Å². The van der Waals surface area contributed by atoms with E-state index in [-0.39, 0.29) is 5.91 Å². The zero-order valence-electron chi connectivity index (χ0n) is 9.88. The van der Waals surface area contributed by atoms with Gasteiger partial charge in [0.05, 0.1) is 6.54 Å². The first-order valence-corrected chi connectivity index (χ1v) is 6.08. The average Bonchev–Trinajstić information content (AvgIpc) is 2.28. The molecular formula is C12H17BrN2O. The maximum Gasteiger partial charge on any atom is 0.241 e. The zero-order chi connectivity index (χ0) is 12.1. The molecule has 0 radical (unpaired) electrons. The van der Waals surface area contributed by atoms with Gasteiger partial charge in [0, 0.05) is 23.8 Å². The molecule has 0 aliphatic rings. The lowest BCUT2D eigenvalue weighted by Crippen LogP contribution is -2.31. The molecule has 88 valence electrons. The van der Waals surface area contributed by atoms with Crippen LogP contribution in [-0.4, -0.2) is 30.9 Å². The van der Waals surface area contributed by atoms with Crippen LogP contribution in [0.25, 0.3) is 0 Å². The number of halogens is 1. The summed E-state index contributed by atoms with van der Waals surface area (Å²) < 4.78 is 1.01. The highest BCUT2D eigenvalue weighted by molar-refractivity contribution is 9.10. The molecule has 0 saturated carbocycles. The Balaban J connectivity index is 2.61. The van der Waals surface area contributed by atoms with Gasteiger partial charge in [-0.1, -0.05) is 22.0 Å². The molecule has 1 aromatic carbocycles. The van der Waals surface area contributed by atoms with Crippen molar-refractivity contribution in [3.05, 3.63) is 28.2 Å². The van der Waals surface area contributed by atoms with Gasteiger partial charge in [-0.25, -0.2) is 0 Å². The summed E-state index contributed by atoms with van der Waals surface area (Å²) in [4.78, 5) is 13.3. The quantitative estimate of drug-likeness (QED) is 0.922. The number of hydrogen-bond donors (Lipinski definition) is 1. The minimum Gasteiger partial charge on any atom is -0.376 e. The fraction of sp³-hybridized carbons (Fsp3) is 0.417. The van der Waals surface area contributed by atoms with Gasteiger partial charge in [-0.2, -0.15) is 0 Å². The number of anilines is 1. The Labute approximate surface area is 105 Å². The van der Waals surface area contributed by atoms with Gasteiger partial charge in [0.25, 0.3) is 0 Å². The van der Waals surface area contributed by atoms with E-state index in [0.29, 0.717) is 6.54 Å². The van der Waals surface area contributed by atoms with Crippen LogP contribution >= 0.6 is 15.9 Å². The van der Waals surface area contributed by atoms with E-state index in [1.807, 2.05) is 32.0 Å². The molecule has 1 rings (SSSR count). The van der Waals surface area contributed by atoms with Crippen LogP contribution in [0.3, 0.4) is 0 Å². The highest BCUT2D eigenvalue weighted by Gasteiger charge is 2.06. The summed E-state index contributed by atoms with van der Waals surface area (Å²) in [6.45, 7) is 5.05. The molecule has 1 aromatic rings. The fourth-order valence-electron chi connectivity index (χ4n) is 1.27. The zero-order valence-corrected chi connectivity index (χ0v) is 11.5. The number of aryl methyl sites for hydroxylation is 1. The van der Waals surface area contributed by atoms with E-state index in [1.165, 1.54) is 0 Å². The molecule has 0 aliphatic carbocycles. The van der Waals surface area contributed by atoms with Gasteiger partial charge in [-0.05, 0) is 31.5 Å². The standard InChI is InChI=1S/C12H17BrN2O/c1-4-15(3)12(16)8-14-11-7-10(13)6-5-9(11)2/h5-7,14H,4,8H2,1-3H3. The van der Waals surface area contributed by atoms with Crippen LogP contribution in [0.4, 0.5) is 5.69 Å². The summed E-state index contributed by atoms with van der Waals surface area (Å²) in [7, 11) is 1.80. The Morgan fingerprint density at radius 3 is 2.81 bits per heavy atom. The third kappa shape index (κ3) is 3.52. The molecule has 0 heterocycles. The van der Waals surface area contributed by atoms with E-state index < -0.39 is 0 Å². The van der Waals surface area contributed by atoms with Crippen molar-refractivity contribution in [3.63, 3.8) is 0 Å². The number of rotatable bonds is 4. The number of nitrogens with zero attached hydrogens (tertiary/aromatic N) is 1. The predicted molar refractivity (Wildman–Crippen MR) is 70.7 cm³/mol. The van der Waals surface area contributed by atoms with Gasteiger partial charge in [0.15, 0.2) is 0 Å². The van der Waals surface area contributed by atoms with Gasteiger partial charge in [-0.3, -0.25) is 4.79 Å². The van der Waals surface area contributed by atoms with E-state index in [9.17, 15) is 4.79 Å². The van der Waals surface area contributed by atoms with Gasteiger partial charge in [0.2, 0.25) is 5.91 Å². The summed E-state index contributed by atoms with van der Waals surface area (Å²) >= 11 is 3.41. The summed E-state index contributed by atoms with van der Waals surface area (Å²) in [6.07, 6.45) is 0. The monoisotopic (exact) mass is 284 g/mol. The summed E-state index contributed by atoms with van der Waals surface area (Å²) in [5.74, 6) is 0.0990. The van der Waals surface area contributed by atoms with Crippen molar-refractivity contribution in [1.82, 2.24) is 4.90 Å². The Hall–Kier alpha value is -1.03. The van der Waals surface area contributed by atoms with Gasteiger partial charge in [-0.15, -0.1) is 0 Å². The second-order valence-electron chi connectivity index (χ2n) is 3.72. The van der Waals surface area contributed by atoms with E-state index in [4.69, 9.17) is 0 Å². The second kappa shape index (κ2) is 5.89. The molecule has 0 fully saturated rings. The summed E-state index contributed by atoms with van der Waals surface area (Å²) in [6, 6.07) is 5.98. The van der Waals surface area contributed by atoms with Gasteiger partial charge in [0.1, 0.15) is 0 Å². The van der Waals surface area contributed by atoms with Gasteiger partial charge < -0.3 is 10.2 Å². The first kappa shape index (κ1) is 13.0. The largest absolute Gasteiger partial charge is 0.376 e. The minimum absolute atomic E-state index is 0.0990. The van der Waals surface area contributed by atoms with Crippen molar-refractivity contribution in [2.75, 3.05) is 25.5 Å². The molecule has 0 saturated heterocycles. The lowest BCUT2D eigenvalue weighted by atomic mass is 10.2. The number of carbonyl (C=O) groups is 1. The third-order valence-corrected chi connectivity index (χ3v) is 3.02. The summed E-state index contributed by atoms with van der Waals surface area (Å²) in [5.41, 5.74) is 2.13. The van der Waals surface area contributed by atoms with Crippen LogP contribution in [-0.2, 0) is 4.79 Å². The normalized spacial score (nSPS) is 10.0. The molecule has 1 N–H and O–H groups in total.